The molecule has 2 rings (SSSR count). The first-order valence-electron chi connectivity index (χ1n) is 9.64. The van der Waals surface area contributed by atoms with Gasteiger partial charge in [-0.15, -0.1) is 0 Å². The summed E-state index contributed by atoms with van der Waals surface area (Å²) in [5, 5.41) is 2.28. The molecule has 0 spiro atoms. The summed E-state index contributed by atoms with van der Waals surface area (Å²) in [5.74, 6) is -3.90. The van der Waals surface area contributed by atoms with Crippen molar-refractivity contribution in [2.45, 2.75) is 19.8 Å². The van der Waals surface area contributed by atoms with Crippen LogP contribution in [0.3, 0.4) is 0 Å². The molecule has 0 saturated carbocycles. The van der Waals surface area contributed by atoms with Gasteiger partial charge in [-0.05, 0) is 31.9 Å². The number of ether oxygens (including phenoxy) is 1. The second kappa shape index (κ2) is 10.7. The SMILES string of the molecule is CCOC(=O)C1CCN(C(=O)CN(C)C(=O)CNC(=O)c2cc(F)cc(F)c2)CC1. The number of hydrogen-bond donors (Lipinski definition) is 1. The van der Waals surface area contributed by atoms with Crippen LogP contribution in [-0.4, -0.2) is 73.3 Å². The first kappa shape index (κ1) is 23.2. The minimum absolute atomic E-state index is 0.187. The van der Waals surface area contributed by atoms with Crippen LogP contribution in [0.1, 0.15) is 30.1 Å². The minimum atomic E-state index is -0.902. The van der Waals surface area contributed by atoms with E-state index in [2.05, 4.69) is 5.32 Å². The molecule has 8 nitrogen and oxygen atoms in total. The van der Waals surface area contributed by atoms with Crippen LogP contribution in [-0.2, 0) is 19.1 Å². The van der Waals surface area contributed by atoms with Gasteiger partial charge in [0.25, 0.3) is 5.91 Å². The predicted octanol–water partition coefficient (Wildman–Crippen LogP) is 0.955. The Hall–Kier alpha value is -3.04. The van der Waals surface area contributed by atoms with Gasteiger partial charge in [-0.25, -0.2) is 8.78 Å². The number of piperidine rings is 1. The van der Waals surface area contributed by atoms with Gasteiger partial charge in [0.2, 0.25) is 11.8 Å². The summed E-state index contributed by atoms with van der Waals surface area (Å²) < 4.78 is 31.4. The molecule has 1 N–H and O–H groups in total. The summed E-state index contributed by atoms with van der Waals surface area (Å²) in [4.78, 5) is 51.0. The molecule has 1 aromatic rings. The Morgan fingerprint density at radius 1 is 1.13 bits per heavy atom. The molecule has 1 heterocycles. The van der Waals surface area contributed by atoms with Gasteiger partial charge in [-0.2, -0.15) is 0 Å². The molecular weight excluding hydrogens is 400 g/mol. The third-order valence-corrected chi connectivity index (χ3v) is 4.79. The van der Waals surface area contributed by atoms with E-state index in [4.69, 9.17) is 4.74 Å². The maximum atomic E-state index is 13.2. The number of nitrogens with zero attached hydrogens (tertiary/aromatic N) is 2. The third kappa shape index (κ3) is 6.50. The summed E-state index contributed by atoms with van der Waals surface area (Å²) in [5.41, 5.74) is -0.247. The molecule has 0 radical (unpaired) electrons. The van der Waals surface area contributed by atoms with Crippen molar-refractivity contribution in [2.24, 2.45) is 5.92 Å². The highest BCUT2D eigenvalue weighted by atomic mass is 19.1. The molecule has 1 aliphatic heterocycles. The summed E-state index contributed by atoms with van der Waals surface area (Å²) in [6.45, 7) is 2.23. The molecule has 0 aromatic heterocycles. The molecule has 164 valence electrons. The maximum absolute atomic E-state index is 13.2. The van der Waals surface area contributed by atoms with E-state index >= 15 is 0 Å². The molecule has 0 unspecified atom stereocenters. The minimum Gasteiger partial charge on any atom is -0.466 e. The zero-order valence-electron chi connectivity index (χ0n) is 17.0. The Bertz CT molecular complexity index is 789. The monoisotopic (exact) mass is 425 g/mol. The lowest BCUT2D eigenvalue weighted by Crippen LogP contribution is -2.47. The van der Waals surface area contributed by atoms with Crippen molar-refractivity contribution in [2.75, 3.05) is 39.8 Å². The van der Waals surface area contributed by atoms with Gasteiger partial charge >= 0.3 is 5.97 Å². The number of carbonyl (C=O) groups is 4. The highest BCUT2D eigenvalue weighted by Gasteiger charge is 2.29. The van der Waals surface area contributed by atoms with Crippen LogP contribution in [0.2, 0.25) is 0 Å². The van der Waals surface area contributed by atoms with Gasteiger partial charge < -0.3 is 19.9 Å². The van der Waals surface area contributed by atoms with Crippen LogP contribution in [0.25, 0.3) is 0 Å². The lowest BCUT2D eigenvalue weighted by molar-refractivity contribution is -0.151. The van der Waals surface area contributed by atoms with E-state index in [0.717, 1.165) is 17.0 Å². The highest BCUT2D eigenvalue weighted by molar-refractivity contribution is 5.96. The molecule has 0 atom stereocenters. The maximum Gasteiger partial charge on any atom is 0.309 e. The molecular formula is C20H25F2N3O5. The average Bonchev–Trinajstić information content (AvgIpc) is 2.71. The zero-order chi connectivity index (χ0) is 22.3. The second-order valence-corrected chi connectivity index (χ2v) is 7.00. The number of carbonyl (C=O) groups excluding carboxylic acids is 4. The molecule has 1 aromatic carbocycles. The van der Waals surface area contributed by atoms with E-state index in [1.165, 1.54) is 7.05 Å². The van der Waals surface area contributed by atoms with Gasteiger partial charge in [0, 0.05) is 31.8 Å². The van der Waals surface area contributed by atoms with Crippen molar-refractivity contribution in [1.82, 2.24) is 15.1 Å². The van der Waals surface area contributed by atoms with Crippen LogP contribution in [0.4, 0.5) is 8.78 Å². The lowest BCUT2D eigenvalue weighted by atomic mass is 9.97. The number of likely N-dealkylation sites (N-methyl/N-ethyl adjacent to an activating group) is 1. The fourth-order valence-corrected chi connectivity index (χ4v) is 3.09. The lowest BCUT2D eigenvalue weighted by Gasteiger charge is -2.32. The molecule has 1 aliphatic rings. The smallest absolute Gasteiger partial charge is 0.309 e. The quantitative estimate of drug-likeness (QED) is 0.657. The average molecular weight is 425 g/mol. The Labute approximate surface area is 173 Å². The van der Waals surface area contributed by atoms with Crippen LogP contribution in [0.5, 0.6) is 0 Å². The molecule has 1 saturated heterocycles. The van der Waals surface area contributed by atoms with Crippen molar-refractivity contribution in [3.63, 3.8) is 0 Å². The van der Waals surface area contributed by atoms with Crippen LogP contribution in [0.15, 0.2) is 18.2 Å². The first-order chi connectivity index (χ1) is 14.2. The van der Waals surface area contributed by atoms with Gasteiger partial charge in [0.1, 0.15) is 11.6 Å². The first-order valence-corrected chi connectivity index (χ1v) is 9.64. The predicted molar refractivity (Wildman–Crippen MR) is 102 cm³/mol. The third-order valence-electron chi connectivity index (χ3n) is 4.79. The van der Waals surface area contributed by atoms with Gasteiger partial charge in [0.15, 0.2) is 0 Å². The summed E-state index contributed by atoms with van der Waals surface area (Å²) >= 11 is 0. The molecule has 30 heavy (non-hydrogen) atoms. The molecule has 3 amide bonds. The number of rotatable bonds is 7. The number of hydrogen-bond acceptors (Lipinski definition) is 5. The summed E-state index contributed by atoms with van der Waals surface area (Å²) in [7, 11) is 1.42. The largest absolute Gasteiger partial charge is 0.466 e. The fraction of sp³-hybridized carbons (Fsp3) is 0.500. The van der Waals surface area contributed by atoms with Crippen molar-refractivity contribution in [1.29, 1.82) is 0 Å². The van der Waals surface area contributed by atoms with E-state index in [1.807, 2.05) is 0 Å². The molecule has 0 aliphatic carbocycles. The standard InChI is InChI=1S/C20H25F2N3O5/c1-3-30-20(29)13-4-6-25(7-5-13)18(27)12-24(2)17(26)11-23-19(28)14-8-15(21)10-16(22)9-14/h8-10,13H,3-7,11-12H2,1-2H3,(H,23,28). The Morgan fingerprint density at radius 3 is 2.30 bits per heavy atom. The summed E-state index contributed by atoms with van der Waals surface area (Å²) in [6, 6.07) is 2.35. The topological polar surface area (TPSA) is 96.0 Å². The number of nitrogens with one attached hydrogen (secondary N) is 1. The van der Waals surface area contributed by atoms with Crippen LogP contribution >= 0.6 is 0 Å². The molecule has 1 fully saturated rings. The number of benzene rings is 1. The fourth-order valence-electron chi connectivity index (χ4n) is 3.09. The van der Waals surface area contributed by atoms with Crippen LogP contribution in [0, 0.1) is 17.6 Å². The Kier molecular flexibility index (Phi) is 8.25. The number of halogens is 2. The van der Waals surface area contributed by atoms with Gasteiger partial charge in [-0.1, -0.05) is 0 Å². The normalized spacial score (nSPS) is 14.2. The number of amides is 3. The van der Waals surface area contributed by atoms with Crippen molar-refractivity contribution >= 4 is 23.7 Å². The van der Waals surface area contributed by atoms with Crippen molar-refractivity contribution in [3.8, 4) is 0 Å². The van der Waals surface area contributed by atoms with E-state index in [0.29, 0.717) is 38.6 Å². The van der Waals surface area contributed by atoms with Crippen LogP contribution < -0.4 is 5.32 Å². The molecule has 0 bridgehead atoms. The number of likely N-dealkylation sites (tertiary alicyclic amines) is 1. The zero-order valence-corrected chi connectivity index (χ0v) is 17.0. The molecule has 10 heteroatoms. The van der Waals surface area contributed by atoms with Crippen molar-refractivity contribution in [3.05, 3.63) is 35.4 Å². The summed E-state index contributed by atoms with van der Waals surface area (Å²) in [6.07, 6.45) is 1.00. The van der Waals surface area contributed by atoms with Gasteiger partial charge in [0.05, 0.1) is 25.6 Å². The van der Waals surface area contributed by atoms with Crippen molar-refractivity contribution < 1.29 is 32.7 Å². The van der Waals surface area contributed by atoms with E-state index in [9.17, 15) is 28.0 Å². The van der Waals surface area contributed by atoms with Gasteiger partial charge in [-0.3, -0.25) is 19.2 Å². The van der Waals surface area contributed by atoms with E-state index in [-0.39, 0.29) is 29.9 Å². The Balaban J connectivity index is 1.78. The van der Waals surface area contributed by atoms with E-state index in [1.54, 1.807) is 11.8 Å². The Morgan fingerprint density at radius 2 is 1.73 bits per heavy atom. The second-order valence-electron chi connectivity index (χ2n) is 7.00. The number of esters is 1. The van der Waals surface area contributed by atoms with E-state index < -0.39 is 30.0 Å². The highest BCUT2D eigenvalue weighted by Crippen LogP contribution is 2.18.